The van der Waals surface area contributed by atoms with Gasteiger partial charge in [0.2, 0.25) is 0 Å². The number of hydrogen-bond donors (Lipinski definition) is 1. The zero-order chi connectivity index (χ0) is 16.2. The Kier molecular flexibility index (Phi) is 5.87. The lowest BCUT2D eigenvalue weighted by molar-refractivity contribution is -0.138. The molecular weight excluding hydrogens is 289 g/mol. The number of halogens is 3. The second-order valence-corrected chi connectivity index (χ2v) is 6.45. The van der Waals surface area contributed by atoms with Gasteiger partial charge in [-0.15, -0.1) is 0 Å². The predicted molar refractivity (Wildman–Crippen MR) is 82.6 cm³/mol. The van der Waals surface area contributed by atoms with Crippen LogP contribution in [0.4, 0.5) is 13.2 Å². The van der Waals surface area contributed by atoms with E-state index in [1.807, 2.05) is 0 Å². The van der Waals surface area contributed by atoms with Crippen LogP contribution in [0.15, 0.2) is 24.3 Å². The Morgan fingerprint density at radius 3 is 2.59 bits per heavy atom. The van der Waals surface area contributed by atoms with Crippen molar-refractivity contribution in [3.63, 3.8) is 0 Å². The summed E-state index contributed by atoms with van der Waals surface area (Å²) in [6.07, 6.45) is -2.27. The topological polar surface area (TPSA) is 15.3 Å². The summed E-state index contributed by atoms with van der Waals surface area (Å²) in [6, 6.07) is 6.27. The fourth-order valence-electron chi connectivity index (χ4n) is 2.92. The van der Waals surface area contributed by atoms with E-state index in [0.29, 0.717) is 24.1 Å². The molecule has 22 heavy (non-hydrogen) atoms. The first-order valence-electron chi connectivity index (χ1n) is 7.98. The van der Waals surface area contributed by atoms with Crippen molar-refractivity contribution in [1.29, 1.82) is 0 Å². The van der Waals surface area contributed by atoms with Gasteiger partial charge in [0.15, 0.2) is 0 Å². The van der Waals surface area contributed by atoms with Gasteiger partial charge in [-0.2, -0.15) is 13.2 Å². The van der Waals surface area contributed by atoms with Crippen molar-refractivity contribution >= 4 is 0 Å². The van der Waals surface area contributed by atoms with Crippen LogP contribution in [0.2, 0.25) is 0 Å². The van der Waals surface area contributed by atoms with Crippen LogP contribution < -0.4 is 5.32 Å². The summed E-state index contributed by atoms with van der Waals surface area (Å²) in [4.78, 5) is 2.21. The Balaban J connectivity index is 2.15. The summed E-state index contributed by atoms with van der Waals surface area (Å²) in [7, 11) is 0. The Morgan fingerprint density at radius 2 is 2.00 bits per heavy atom. The molecule has 0 spiro atoms. The van der Waals surface area contributed by atoms with E-state index >= 15 is 0 Å². The molecule has 124 valence electrons. The molecule has 1 heterocycles. The second kappa shape index (κ2) is 7.47. The highest BCUT2D eigenvalue weighted by Crippen LogP contribution is 2.32. The number of nitrogens with one attached hydrogen (secondary N) is 1. The molecule has 1 fully saturated rings. The molecule has 2 nitrogen and oxygen atoms in total. The van der Waals surface area contributed by atoms with Crippen LogP contribution in [0.5, 0.6) is 0 Å². The third-order valence-electron chi connectivity index (χ3n) is 4.24. The molecule has 1 atom stereocenters. The van der Waals surface area contributed by atoms with Crippen molar-refractivity contribution in [1.82, 2.24) is 10.2 Å². The Morgan fingerprint density at radius 1 is 1.27 bits per heavy atom. The zero-order valence-electron chi connectivity index (χ0n) is 13.3. The van der Waals surface area contributed by atoms with Gasteiger partial charge in [0, 0.05) is 19.1 Å². The third kappa shape index (κ3) is 4.71. The molecule has 0 amide bonds. The monoisotopic (exact) mass is 314 g/mol. The second-order valence-electron chi connectivity index (χ2n) is 6.45. The van der Waals surface area contributed by atoms with Crippen molar-refractivity contribution in [2.75, 3.05) is 19.6 Å². The third-order valence-corrected chi connectivity index (χ3v) is 4.24. The maximum atomic E-state index is 13.2. The molecule has 1 unspecified atom stereocenters. The molecule has 2 rings (SSSR count). The van der Waals surface area contributed by atoms with Gasteiger partial charge >= 0.3 is 6.18 Å². The summed E-state index contributed by atoms with van der Waals surface area (Å²) in [5.41, 5.74) is -0.124. The zero-order valence-corrected chi connectivity index (χ0v) is 13.3. The van der Waals surface area contributed by atoms with Gasteiger partial charge in [-0.25, -0.2) is 0 Å². The van der Waals surface area contributed by atoms with Gasteiger partial charge in [0.05, 0.1) is 5.56 Å². The molecule has 0 bridgehead atoms. The maximum absolute atomic E-state index is 13.2. The van der Waals surface area contributed by atoms with Crippen LogP contribution in [-0.4, -0.2) is 30.6 Å². The lowest BCUT2D eigenvalue weighted by Gasteiger charge is -2.30. The molecule has 1 aliphatic heterocycles. The molecule has 0 saturated carbocycles. The van der Waals surface area contributed by atoms with Gasteiger partial charge in [-0.3, -0.25) is 4.90 Å². The summed E-state index contributed by atoms with van der Waals surface area (Å²) in [5.74, 6) is 0.551. The van der Waals surface area contributed by atoms with Crippen LogP contribution in [0, 0.1) is 5.92 Å². The molecule has 0 radical (unpaired) electrons. The smallest absolute Gasteiger partial charge is 0.315 e. The SMILES string of the molecule is CC(C)CCN(Cc1ccccc1C(F)(F)F)C1CCNC1. The summed E-state index contributed by atoms with van der Waals surface area (Å²) >= 11 is 0. The first kappa shape index (κ1) is 17.3. The number of alkyl halides is 3. The fourth-order valence-corrected chi connectivity index (χ4v) is 2.92. The highest BCUT2D eigenvalue weighted by molar-refractivity contribution is 5.29. The van der Waals surface area contributed by atoms with Crippen LogP contribution in [0.25, 0.3) is 0 Å². The first-order chi connectivity index (χ1) is 10.4. The van der Waals surface area contributed by atoms with Gasteiger partial charge in [0.25, 0.3) is 0 Å². The quantitative estimate of drug-likeness (QED) is 0.856. The van der Waals surface area contributed by atoms with E-state index in [1.165, 1.54) is 12.1 Å². The van der Waals surface area contributed by atoms with Gasteiger partial charge in [-0.1, -0.05) is 32.0 Å². The van der Waals surface area contributed by atoms with Gasteiger partial charge in [-0.05, 0) is 43.5 Å². The van der Waals surface area contributed by atoms with E-state index in [2.05, 4.69) is 24.1 Å². The minimum atomic E-state index is -4.28. The van der Waals surface area contributed by atoms with E-state index in [1.54, 1.807) is 12.1 Å². The van der Waals surface area contributed by atoms with Crippen LogP contribution in [-0.2, 0) is 12.7 Å². The average molecular weight is 314 g/mol. The Hall–Kier alpha value is -1.07. The molecule has 1 aromatic carbocycles. The van der Waals surface area contributed by atoms with E-state index in [-0.39, 0.29) is 0 Å². The summed E-state index contributed by atoms with van der Waals surface area (Å²) < 4.78 is 39.5. The lowest BCUT2D eigenvalue weighted by atomic mass is 10.0. The van der Waals surface area contributed by atoms with Crippen molar-refractivity contribution in [3.8, 4) is 0 Å². The standard InChI is InChI=1S/C17H25F3N2/c1-13(2)8-10-22(15-7-9-21-11-15)12-14-5-3-4-6-16(14)17(18,19)20/h3-6,13,15,21H,7-12H2,1-2H3. The van der Waals surface area contributed by atoms with E-state index in [9.17, 15) is 13.2 Å². The fraction of sp³-hybridized carbons (Fsp3) is 0.647. The van der Waals surface area contributed by atoms with E-state index < -0.39 is 11.7 Å². The van der Waals surface area contributed by atoms with Crippen LogP contribution in [0.3, 0.4) is 0 Å². The number of hydrogen-bond acceptors (Lipinski definition) is 2. The minimum absolute atomic E-state index is 0.333. The normalized spacial score (nSPS) is 19.3. The predicted octanol–water partition coefficient (Wildman–Crippen LogP) is 3.92. The minimum Gasteiger partial charge on any atom is -0.315 e. The first-order valence-corrected chi connectivity index (χ1v) is 7.98. The number of nitrogens with zero attached hydrogens (tertiary/aromatic N) is 1. The Labute approximate surface area is 130 Å². The average Bonchev–Trinajstić information content (AvgIpc) is 2.96. The lowest BCUT2D eigenvalue weighted by Crippen LogP contribution is -2.38. The number of benzene rings is 1. The highest BCUT2D eigenvalue weighted by atomic mass is 19.4. The van der Waals surface area contributed by atoms with Crippen LogP contribution >= 0.6 is 0 Å². The summed E-state index contributed by atoms with van der Waals surface area (Å²) in [6.45, 7) is 7.32. The molecule has 1 aromatic rings. The Bertz CT molecular complexity index is 465. The van der Waals surface area contributed by atoms with Crippen molar-refractivity contribution in [2.24, 2.45) is 5.92 Å². The molecule has 0 aromatic heterocycles. The highest BCUT2D eigenvalue weighted by Gasteiger charge is 2.34. The van der Waals surface area contributed by atoms with Gasteiger partial charge in [0.1, 0.15) is 0 Å². The van der Waals surface area contributed by atoms with E-state index in [4.69, 9.17) is 0 Å². The largest absolute Gasteiger partial charge is 0.416 e. The molecule has 5 heteroatoms. The molecule has 0 aliphatic carbocycles. The van der Waals surface area contributed by atoms with Crippen molar-refractivity contribution in [3.05, 3.63) is 35.4 Å². The van der Waals surface area contributed by atoms with Crippen molar-refractivity contribution in [2.45, 2.75) is 45.5 Å². The van der Waals surface area contributed by atoms with Crippen molar-refractivity contribution < 1.29 is 13.2 Å². The molecule has 1 N–H and O–H groups in total. The molecule has 1 saturated heterocycles. The molecular formula is C17H25F3N2. The molecule has 1 aliphatic rings. The van der Waals surface area contributed by atoms with Gasteiger partial charge < -0.3 is 5.32 Å². The summed E-state index contributed by atoms with van der Waals surface area (Å²) in [5, 5.41) is 3.31. The number of rotatable bonds is 6. The van der Waals surface area contributed by atoms with Crippen LogP contribution in [0.1, 0.15) is 37.8 Å². The van der Waals surface area contributed by atoms with E-state index in [0.717, 1.165) is 32.5 Å². The maximum Gasteiger partial charge on any atom is 0.416 e.